The van der Waals surface area contributed by atoms with Gasteiger partial charge in [0, 0.05) is 41.1 Å². The van der Waals surface area contributed by atoms with Gasteiger partial charge in [0.2, 0.25) is 5.91 Å². The number of ether oxygens (including phenoxy) is 2. The number of aromatic nitrogens is 2. The van der Waals surface area contributed by atoms with Crippen LogP contribution in [0.4, 0.5) is 11.4 Å². The fourth-order valence-electron chi connectivity index (χ4n) is 5.28. The molecule has 1 saturated heterocycles. The minimum atomic E-state index is -0.283. The Morgan fingerprint density at radius 2 is 1.82 bits per heavy atom. The third-order valence-corrected chi connectivity index (χ3v) is 7.55. The first-order valence-electron chi connectivity index (χ1n) is 12.7. The second-order valence-corrected chi connectivity index (χ2v) is 10.3. The lowest BCUT2D eigenvalue weighted by Crippen LogP contribution is -2.29. The molecule has 1 aliphatic rings. The second kappa shape index (κ2) is 11.7. The molecule has 1 fully saturated rings. The molecule has 4 aromatic rings. The summed E-state index contributed by atoms with van der Waals surface area (Å²) in [6.07, 6.45) is 1.79. The molecule has 2 atom stereocenters. The van der Waals surface area contributed by atoms with E-state index in [1.165, 1.54) is 7.11 Å². The number of halogens is 1. The minimum Gasteiger partial charge on any atom is -0.495 e. The van der Waals surface area contributed by atoms with Crippen molar-refractivity contribution in [1.29, 1.82) is 0 Å². The van der Waals surface area contributed by atoms with Crippen LogP contribution in [-0.2, 0) is 9.53 Å². The van der Waals surface area contributed by atoms with Crippen molar-refractivity contribution in [3.05, 3.63) is 101 Å². The van der Waals surface area contributed by atoms with Gasteiger partial charge in [0.25, 0.3) is 0 Å². The number of rotatable bonds is 8. The fourth-order valence-corrected chi connectivity index (χ4v) is 5.76. The molecule has 0 unspecified atom stereocenters. The molecule has 0 aliphatic carbocycles. The predicted octanol–water partition coefficient (Wildman–Crippen LogP) is 5.91. The number of benzene rings is 2. The standard InChI is InChI=1S/C30H30ClN5O3S/c1-18-15-23(19(2)35(18)21-10-8-20(31)9-11-21)29-28(24-7-5-6-14-32-24)34-30(40)36(29)22-12-13-26(39-4)25(16-22)33-27(37)17-38-3/h5-16,28-29H,17H2,1-4H3,(H,33,37)(H,34,40)/t28-,29-/m0/s1. The van der Waals surface area contributed by atoms with Crippen LogP contribution in [0.25, 0.3) is 5.69 Å². The first kappa shape index (κ1) is 27.6. The summed E-state index contributed by atoms with van der Waals surface area (Å²) >= 11 is 12.1. The lowest BCUT2D eigenvalue weighted by Gasteiger charge is -2.29. The molecular formula is C30H30ClN5O3S. The number of carbonyl (C=O) groups is 1. The molecule has 10 heteroatoms. The van der Waals surface area contributed by atoms with E-state index in [9.17, 15) is 4.79 Å². The molecule has 1 amide bonds. The average molecular weight is 576 g/mol. The summed E-state index contributed by atoms with van der Waals surface area (Å²) in [7, 11) is 3.04. The van der Waals surface area contributed by atoms with E-state index in [1.54, 1.807) is 13.3 Å². The van der Waals surface area contributed by atoms with Gasteiger partial charge >= 0.3 is 0 Å². The lowest BCUT2D eigenvalue weighted by molar-refractivity contribution is -0.119. The molecule has 8 nitrogen and oxygen atoms in total. The molecule has 0 bridgehead atoms. The van der Waals surface area contributed by atoms with Crippen LogP contribution in [0, 0.1) is 13.8 Å². The smallest absolute Gasteiger partial charge is 0.250 e. The number of hydrogen-bond donors (Lipinski definition) is 2. The van der Waals surface area contributed by atoms with Gasteiger partial charge in [0.1, 0.15) is 12.4 Å². The van der Waals surface area contributed by atoms with E-state index in [1.807, 2.05) is 60.7 Å². The number of thiocarbonyl (C=S) groups is 1. The van der Waals surface area contributed by atoms with Crippen LogP contribution in [0.1, 0.15) is 34.7 Å². The molecular weight excluding hydrogens is 546 g/mol. The van der Waals surface area contributed by atoms with Gasteiger partial charge < -0.3 is 29.6 Å². The zero-order chi connectivity index (χ0) is 28.4. The van der Waals surface area contributed by atoms with E-state index in [-0.39, 0.29) is 24.6 Å². The molecule has 2 aromatic heterocycles. The van der Waals surface area contributed by atoms with Gasteiger partial charge in [-0.3, -0.25) is 9.78 Å². The average Bonchev–Trinajstić information content (AvgIpc) is 3.44. The number of methoxy groups -OCH3 is 2. The summed E-state index contributed by atoms with van der Waals surface area (Å²) in [6, 6.07) is 21.0. The van der Waals surface area contributed by atoms with Crippen molar-refractivity contribution in [2.24, 2.45) is 0 Å². The second-order valence-electron chi connectivity index (χ2n) is 9.50. The van der Waals surface area contributed by atoms with E-state index in [0.717, 1.165) is 34.0 Å². The topological polar surface area (TPSA) is 80.7 Å². The highest BCUT2D eigenvalue weighted by molar-refractivity contribution is 7.80. The van der Waals surface area contributed by atoms with Gasteiger partial charge in [0.15, 0.2) is 5.11 Å². The predicted molar refractivity (Wildman–Crippen MR) is 162 cm³/mol. The van der Waals surface area contributed by atoms with Crippen molar-refractivity contribution < 1.29 is 14.3 Å². The fraction of sp³-hybridized carbons (Fsp3) is 0.233. The van der Waals surface area contributed by atoms with Gasteiger partial charge in [-0.1, -0.05) is 17.7 Å². The molecule has 2 N–H and O–H groups in total. The zero-order valence-corrected chi connectivity index (χ0v) is 24.2. The van der Waals surface area contributed by atoms with E-state index in [4.69, 9.17) is 33.3 Å². The van der Waals surface area contributed by atoms with E-state index >= 15 is 0 Å². The lowest BCUT2D eigenvalue weighted by atomic mass is 9.96. The molecule has 5 rings (SSSR count). The zero-order valence-electron chi connectivity index (χ0n) is 22.6. The Morgan fingerprint density at radius 1 is 1.07 bits per heavy atom. The number of pyridine rings is 1. The summed E-state index contributed by atoms with van der Waals surface area (Å²) in [5.41, 5.74) is 6.46. The minimum absolute atomic E-state index is 0.0713. The number of aryl methyl sites for hydroxylation is 1. The Kier molecular flexibility index (Phi) is 8.07. The van der Waals surface area contributed by atoms with Gasteiger partial charge in [-0.2, -0.15) is 0 Å². The number of anilines is 2. The number of nitrogens with one attached hydrogen (secondary N) is 2. The summed E-state index contributed by atoms with van der Waals surface area (Å²) < 4.78 is 12.7. The quantitative estimate of drug-likeness (QED) is 0.253. The van der Waals surface area contributed by atoms with E-state index in [0.29, 0.717) is 21.6 Å². The Morgan fingerprint density at radius 3 is 2.50 bits per heavy atom. The maximum absolute atomic E-state index is 12.4. The molecule has 1 aliphatic heterocycles. The highest BCUT2D eigenvalue weighted by Crippen LogP contribution is 2.45. The number of hydrogen-bond acceptors (Lipinski definition) is 5. The molecule has 0 radical (unpaired) electrons. The third-order valence-electron chi connectivity index (χ3n) is 6.98. The van der Waals surface area contributed by atoms with Crippen LogP contribution in [0.3, 0.4) is 0 Å². The summed E-state index contributed by atoms with van der Waals surface area (Å²) in [6.45, 7) is 4.12. The first-order chi connectivity index (χ1) is 19.3. The Labute approximate surface area is 243 Å². The van der Waals surface area contributed by atoms with Gasteiger partial charge in [-0.05, 0) is 92.3 Å². The van der Waals surface area contributed by atoms with Gasteiger partial charge in [-0.15, -0.1) is 0 Å². The van der Waals surface area contributed by atoms with Crippen LogP contribution in [0.2, 0.25) is 5.02 Å². The Balaban J connectivity index is 1.64. The van der Waals surface area contributed by atoms with E-state index in [2.05, 4.69) is 45.0 Å². The largest absolute Gasteiger partial charge is 0.495 e. The van der Waals surface area contributed by atoms with Crippen molar-refractivity contribution in [3.63, 3.8) is 0 Å². The molecule has 0 saturated carbocycles. The van der Waals surface area contributed by atoms with Crippen LogP contribution in [0.5, 0.6) is 5.75 Å². The van der Waals surface area contributed by atoms with Crippen molar-refractivity contribution in [3.8, 4) is 11.4 Å². The first-order valence-corrected chi connectivity index (χ1v) is 13.5. The molecule has 40 heavy (non-hydrogen) atoms. The SMILES string of the molecule is COCC(=O)Nc1cc(N2C(=S)N[C@@H](c3ccccn3)[C@@H]2c2cc(C)n(-c3ccc(Cl)cc3)c2C)ccc1OC. The van der Waals surface area contributed by atoms with Crippen LogP contribution < -0.4 is 20.3 Å². The highest BCUT2D eigenvalue weighted by Gasteiger charge is 2.42. The van der Waals surface area contributed by atoms with Gasteiger partial charge in [-0.25, -0.2) is 0 Å². The monoisotopic (exact) mass is 575 g/mol. The Hall–Kier alpha value is -3.92. The number of carbonyl (C=O) groups excluding carboxylic acids is 1. The number of amides is 1. The summed E-state index contributed by atoms with van der Waals surface area (Å²) in [4.78, 5) is 19.1. The normalized spacial score (nSPS) is 16.6. The van der Waals surface area contributed by atoms with Crippen molar-refractivity contribution in [2.75, 3.05) is 31.0 Å². The maximum atomic E-state index is 12.4. The Bertz CT molecular complexity index is 1540. The highest BCUT2D eigenvalue weighted by atomic mass is 35.5. The summed E-state index contributed by atoms with van der Waals surface area (Å²) in [5, 5.41) is 7.63. The van der Waals surface area contributed by atoms with Crippen molar-refractivity contribution in [2.45, 2.75) is 25.9 Å². The number of nitrogens with zero attached hydrogens (tertiary/aromatic N) is 3. The van der Waals surface area contributed by atoms with Crippen LogP contribution >= 0.6 is 23.8 Å². The van der Waals surface area contributed by atoms with Crippen molar-refractivity contribution >= 4 is 46.2 Å². The molecule has 206 valence electrons. The van der Waals surface area contributed by atoms with Crippen LogP contribution in [-0.4, -0.2) is 41.4 Å². The van der Waals surface area contributed by atoms with Crippen molar-refractivity contribution in [1.82, 2.24) is 14.9 Å². The molecule has 0 spiro atoms. The molecule has 2 aromatic carbocycles. The van der Waals surface area contributed by atoms with Gasteiger partial charge in [0.05, 0.1) is 30.6 Å². The van der Waals surface area contributed by atoms with Crippen LogP contribution in [0.15, 0.2) is 72.9 Å². The maximum Gasteiger partial charge on any atom is 0.250 e. The third kappa shape index (κ3) is 5.28. The van der Waals surface area contributed by atoms with E-state index < -0.39 is 0 Å². The molecule has 3 heterocycles. The summed E-state index contributed by atoms with van der Waals surface area (Å²) in [5.74, 6) is 0.250.